The van der Waals surface area contributed by atoms with Crippen LogP contribution in [0.5, 0.6) is 0 Å². The number of amides is 1. The maximum atomic E-state index is 13.2. The van der Waals surface area contributed by atoms with Crippen LogP contribution in [0.25, 0.3) is 22.0 Å². The molecule has 0 aliphatic heterocycles. The summed E-state index contributed by atoms with van der Waals surface area (Å²) in [5, 5.41) is 1.66. The van der Waals surface area contributed by atoms with E-state index in [1.165, 1.54) is 24.4 Å². The van der Waals surface area contributed by atoms with E-state index in [1.54, 1.807) is 29.0 Å². The van der Waals surface area contributed by atoms with Crippen LogP contribution in [-0.2, 0) is 23.0 Å². The first-order valence-corrected chi connectivity index (χ1v) is 14.6. The summed E-state index contributed by atoms with van der Waals surface area (Å²) in [5.41, 5.74) is 2.86. The summed E-state index contributed by atoms with van der Waals surface area (Å²) in [4.78, 5) is 30.7. The Hall–Kier alpha value is -4.56. The number of fused-ring (bicyclic) bond motifs is 1. The van der Waals surface area contributed by atoms with Crippen LogP contribution in [0.1, 0.15) is 41.3 Å². The number of sulfonamides is 1. The van der Waals surface area contributed by atoms with Crippen LogP contribution in [0, 0.1) is 0 Å². The van der Waals surface area contributed by atoms with E-state index in [9.17, 15) is 18.0 Å². The Kier molecular flexibility index (Phi) is 7.89. The molecule has 0 saturated carbocycles. The second-order valence-corrected chi connectivity index (χ2v) is 11.3. The molecule has 0 aliphatic carbocycles. The zero-order chi connectivity index (χ0) is 28.1. The van der Waals surface area contributed by atoms with Crippen molar-refractivity contribution < 1.29 is 13.2 Å². The van der Waals surface area contributed by atoms with E-state index >= 15 is 0 Å². The molecule has 40 heavy (non-hydrogen) atoms. The smallest absolute Gasteiger partial charge is 0.265 e. The highest BCUT2D eigenvalue weighted by molar-refractivity contribution is 7.90. The number of carbonyl (C=O) groups is 1. The summed E-state index contributed by atoms with van der Waals surface area (Å²) in [6, 6.07) is 26.7. The van der Waals surface area contributed by atoms with Crippen LogP contribution < -0.4 is 10.3 Å². The van der Waals surface area contributed by atoms with Gasteiger partial charge in [0.1, 0.15) is 0 Å². The van der Waals surface area contributed by atoms with Gasteiger partial charge >= 0.3 is 0 Å². The van der Waals surface area contributed by atoms with Gasteiger partial charge in [-0.25, -0.2) is 13.1 Å². The molecule has 202 valence electrons. The fourth-order valence-corrected chi connectivity index (χ4v) is 5.59. The third-order valence-electron chi connectivity index (χ3n) is 6.73. The van der Waals surface area contributed by atoms with Crippen molar-refractivity contribution in [1.82, 2.24) is 14.3 Å². The number of pyridine rings is 2. The van der Waals surface area contributed by atoms with Crippen LogP contribution in [0.15, 0.2) is 113 Å². The summed E-state index contributed by atoms with van der Waals surface area (Å²) >= 11 is 0. The minimum Gasteiger partial charge on any atom is -0.315 e. The van der Waals surface area contributed by atoms with Crippen LogP contribution in [-0.4, -0.2) is 23.9 Å². The zero-order valence-electron chi connectivity index (χ0n) is 22.1. The fourth-order valence-electron chi connectivity index (χ4n) is 4.58. The Morgan fingerprint density at radius 1 is 0.900 bits per heavy atom. The van der Waals surface area contributed by atoms with E-state index in [4.69, 9.17) is 0 Å². The first kappa shape index (κ1) is 27.0. The summed E-state index contributed by atoms with van der Waals surface area (Å²) in [5.74, 6) is -0.763. The van der Waals surface area contributed by atoms with Crippen molar-refractivity contribution in [3.8, 4) is 11.3 Å². The van der Waals surface area contributed by atoms with Gasteiger partial charge in [-0.2, -0.15) is 0 Å². The molecule has 0 bridgehead atoms. The van der Waals surface area contributed by atoms with Crippen molar-refractivity contribution in [1.29, 1.82) is 0 Å². The van der Waals surface area contributed by atoms with Gasteiger partial charge in [-0.05, 0) is 53.1 Å². The zero-order valence-corrected chi connectivity index (χ0v) is 22.9. The quantitative estimate of drug-likeness (QED) is 0.258. The van der Waals surface area contributed by atoms with E-state index in [0.717, 1.165) is 29.2 Å². The Morgan fingerprint density at radius 3 is 2.42 bits per heavy atom. The lowest BCUT2D eigenvalue weighted by atomic mass is 10.0. The molecule has 7 nitrogen and oxygen atoms in total. The fraction of sp³-hybridized carbons (Fsp3) is 0.156. The number of benzene rings is 3. The first-order chi connectivity index (χ1) is 19.3. The molecule has 5 aromatic rings. The van der Waals surface area contributed by atoms with Crippen LogP contribution >= 0.6 is 0 Å². The minimum atomic E-state index is -4.11. The van der Waals surface area contributed by atoms with Crippen LogP contribution in [0.2, 0.25) is 0 Å². The SMILES string of the molecule is CCCCn1cc(-c2cc(C(=O)NS(=O)(=O)c3ccc4ccccc4c3)ccn2)cc(Cc2ccccc2)c1=O. The molecule has 1 N–H and O–H groups in total. The van der Waals surface area contributed by atoms with Gasteiger partial charge < -0.3 is 4.57 Å². The molecule has 0 radical (unpaired) electrons. The molecule has 3 aromatic carbocycles. The number of nitrogens with one attached hydrogen (secondary N) is 1. The van der Waals surface area contributed by atoms with Crippen molar-refractivity contribution >= 4 is 26.7 Å². The lowest BCUT2D eigenvalue weighted by molar-refractivity contribution is 0.0981. The Morgan fingerprint density at radius 2 is 1.65 bits per heavy atom. The molecular formula is C32H29N3O4S. The summed E-state index contributed by atoms with van der Waals surface area (Å²) < 4.78 is 29.9. The molecule has 5 rings (SSSR count). The Labute approximate surface area is 233 Å². The van der Waals surface area contributed by atoms with Crippen LogP contribution in [0.4, 0.5) is 0 Å². The largest absolute Gasteiger partial charge is 0.315 e. The highest BCUT2D eigenvalue weighted by atomic mass is 32.2. The number of carbonyl (C=O) groups excluding carboxylic acids is 1. The summed E-state index contributed by atoms with van der Waals surface area (Å²) in [6.07, 6.45) is 5.46. The molecule has 0 fully saturated rings. The second-order valence-electron chi connectivity index (χ2n) is 9.64. The van der Waals surface area contributed by atoms with Crippen molar-refractivity contribution in [2.45, 2.75) is 37.6 Å². The van der Waals surface area contributed by atoms with Gasteiger partial charge in [0.2, 0.25) is 0 Å². The monoisotopic (exact) mass is 551 g/mol. The van der Waals surface area contributed by atoms with Gasteiger partial charge in [0.25, 0.3) is 21.5 Å². The lowest BCUT2D eigenvalue weighted by Crippen LogP contribution is -2.30. The average Bonchev–Trinajstić information content (AvgIpc) is 2.97. The average molecular weight is 552 g/mol. The predicted octanol–water partition coefficient (Wildman–Crippen LogP) is 5.57. The van der Waals surface area contributed by atoms with E-state index in [1.807, 2.05) is 54.6 Å². The standard InChI is InChI=1S/C32H29N3O4S/c1-2-3-17-35-22-28(19-27(32(35)37)18-23-9-5-4-6-10-23)30-21-26(15-16-33-30)31(36)34-40(38,39)29-14-13-24-11-7-8-12-25(24)20-29/h4-16,19-22H,2-3,17-18H2,1H3,(H,34,36). The lowest BCUT2D eigenvalue weighted by Gasteiger charge is -2.13. The molecule has 8 heteroatoms. The van der Waals surface area contributed by atoms with Crippen LogP contribution in [0.3, 0.4) is 0 Å². The molecular weight excluding hydrogens is 522 g/mol. The minimum absolute atomic E-state index is 0.00221. The number of hydrogen-bond acceptors (Lipinski definition) is 5. The maximum absolute atomic E-state index is 13.2. The molecule has 0 unspecified atom stereocenters. The molecule has 0 atom stereocenters. The normalized spacial score (nSPS) is 11.4. The highest BCUT2D eigenvalue weighted by Crippen LogP contribution is 2.22. The van der Waals surface area contributed by atoms with E-state index < -0.39 is 15.9 Å². The molecule has 2 aromatic heterocycles. The van der Waals surface area contributed by atoms with Crippen molar-refractivity contribution in [3.63, 3.8) is 0 Å². The van der Waals surface area contributed by atoms with Gasteiger partial charge in [0.15, 0.2) is 0 Å². The molecule has 1 amide bonds. The third kappa shape index (κ3) is 6.02. The number of rotatable bonds is 9. The molecule has 0 aliphatic rings. The van der Waals surface area contributed by atoms with Gasteiger partial charge in [-0.3, -0.25) is 14.6 Å². The molecule has 2 heterocycles. The topological polar surface area (TPSA) is 98.1 Å². The number of hydrogen-bond donors (Lipinski definition) is 1. The van der Waals surface area contributed by atoms with Gasteiger partial charge in [0.05, 0.1) is 10.6 Å². The van der Waals surface area contributed by atoms with E-state index in [0.29, 0.717) is 29.8 Å². The van der Waals surface area contributed by atoms with Crippen molar-refractivity contribution in [2.75, 3.05) is 0 Å². The third-order valence-corrected chi connectivity index (χ3v) is 8.06. The Bertz CT molecular complexity index is 1850. The van der Waals surface area contributed by atoms with E-state index in [-0.39, 0.29) is 16.0 Å². The second kappa shape index (κ2) is 11.7. The molecule has 0 spiro atoms. The predicted molar refractivity (Wildman–Crippen MR) is 157 cm³/mol. The van der Waals surface area contributed by atoms with Gasteiger partial charge in [0, 0.05) is 42.0 Å². The van der Waals surface area contributed by atoms with Crippen molar-refractivity contribution in [3.05, 3.63) is 130 Å². The van der Waals surface area contributed by atoms with E-state index in [2.05, 4.69) is 16.6 Å². The highest BCUT2D eigenvalue weighted by Gasteiger charge is 2.20. The van der Waals surface area contributed by atoms with Gasteiger partial charge in [-0.15, -0.1) is 0 Å². The summed E-state index contributed by atoms with van der Waals surface area (Å²) in [7, 11) is -4.11. The molecule has 0 saturated heterocycles. The number of aryl methyl sites for hydroxylation is 1. The number of unbranched alkanes of at least 4 members (excludes halogenated alkanes) is 1. The maximum Gasteiger partial charge on any atom is 0.265 e. The summed E-state index contributed by atoms with van der Waals surface area (Å²) in [6.45, 7) is 2.63. The van der Waals surface area contributed by atoms with Gasteiger partial charge in [-0.1, -0.05) is 74.0 Å². The van der Waals surface area contributed by atoms with Crippen molar-refractivity contribution in [2.24, 2.45) is 0 Å². The number of aromatic nitrogens is 2. The first-order valence-electron chi connectivity index (χ1n) is 13.1. The Balaban J connectivity index is 1.45. The number of nitrogens with zero attached hydrogens (tertiary/aromatic N) is 2.